The molecule has 0 saturated carbocycles. The summed E-state index contributed by atoms with van der Waals surface area (Å²) in [5.74, 6) is 0.305. The van der Waals surface area contributed by atoms with Crippen LogP contribution in [0.1, 0.15) is 69.5 Å². The maximum atomic E-state index is 10.9. The molecular weight excluding hydrogens is 356 g/mol. The Balaban J connectivity index is 2.09. The van der Waals surface area contributed by atoms with E-state index in [-0.39, 0.29) is 10.8 Å². The molecule has 0 bridgehead atoms. The maximum Gasteiger partial charge on any atom is 0.128 e. The molecule has 0 atom stereocenters. The Morgan fingerprint density at radius 2 is 1.59 bits per heavy atom. The molecule has 0 amide bonds. The van der Waals surface area contributed by atoms with Crippen molar-refractivity contribution in [3.63, 3.8) is 0 Å². The van der Waals surface area contributed by atoms with E-state index in [1.165, 1.54) is 11.1 Å². The van der Waals surface area contributed by atoms with Gasteiger partial charge in [-0.3, -0.25) is 9.98 Å². The molecule has 0 aliphatic carbocycles. The van der Waals surface area contributed by atoms with Crippen LogP contribution >= 0.6 is 0 Å². The van der Waals surface area contributed by atoms with Crippen molar-refractivity contribution >= 4 is 22.8 Å². The van der Waals surface area contributed by atoms with Crippen LogP contribution in [0.3, 0.4) is 0 Å². The second-order valence-electron chi connectivity index (χ2n) is 10.0. The molecule has 3 aromatic rings. The van der Waals surface area contributed by atoms with Crippen LogP contribution < -0.4 is 0 Å². The molecule has 0 spiro atoms. The predicted molar refractivity (Wildman–Crippen MR) is 124 cm³/mol. The smallest absolute Gasteiger partial charge is 0.128 e. The Kier molecular flexibility index (Phi) is 5.29. The van der Waals surface area contributed by atoms with Crippen LogP contribution in [0.15, 0.2) is 41.4 Å². The van der Waals surface area contributed by atoms with E-state index in [0.29, 0.717) is 5.75 Å². The monoisotopic (exact) mass is 388 g/mol. The van der Waals surface area contributed by atoms with Gasteiger partial charge in [-0.1, -0.05) is 53.7 Å². The van der Waals surface area contributed by atoms with Crippen LogP contribution in [0.25, 0.3) is 10.9 Å². The first-order valence-electron chi connectivity index (χ1n) is 10.2. The molecule has 0 unspecified atom stereocenters. The van der Waals surface area contributed by atoms with Gasteiger partial charge in [0, 0.05) is 28.4 Å². The zero-order valence-electron chi connectivity index (χ0n) is 18.9. The molecule has 1 N–H and O–H groups in total. The molecule has 0 aliphatic heterocycles. The SMILES string of the molecule is Cc1cc(C)c2ccc(N=Cc3cc(C(C)(C)C)cc(C(C)(C)C)c3O)cc2n1. The van der Waals surface area contributed by atoms with Crippen molar-refractivity contribution in [3.8, 4) is 5.75 Å². The van der Waals surface area contributed by atoms with Crippen LogP contribution in [0.2, 0.25) is 0 Å². The van der Waals surface area contributed by atoms with E-state index in [0.717, 1.165) is 33.4 Å². The Bertz CT molecular complexity index is 1100. The van der Waals surface area contributed by atoms with Crippen LogP contribution in [0.5, 0.6) is 5.75 Å². The van der Waals surface area contributed by atoms with E-state index in [4.69, 9.17) is 0 Å². The van der Waals surface area contributed by atoms with Crippen molar-refractivity contribution in [2.24, 2.45) is 4.99 Å². The standard InChI is InChI=1S/C26H32N2O/c1-16-11-17(2)28-23-14-20(9-10-21(16)23)27-15-18-12-19(25(3,4)5)13-22(24(18)29)26(6,7)8/h9-15,29H,1-8H3. The van der Waals surface area contributed by atoms with Crippen molar-refractivity contribution in [2.75, 3.05) is 0 Å². The highest BCUT2D eigenvalue weighted by Crippen LogP contribution is 2.37. The van der Waals surface area contributed by atoms with Crippen molar-refractivity contribution in [1.82, 2.24) is 4.98 Å². The number of nitrogens with zero attached hydrogens (tertiary/aromatic N) is 2. The molecule has 1 heterocycles. The quantitative estimate of drug-likeness (QED) is 0.485. The third kappa shape index (κ3) is 4.50. The number of hydrogen-bond donors (Lipinski definition) is 1. The molecule has 0 saturated heterocycles. The molecule has 3 rings (SSSR count). The average molecular weight is 389 g/mol. The number of hydrogen-bond acceptors (Lipinski definition) is 3. The van der Waals surface area contributed by atoms with E-state index in [2.05, 4.69) is 76.6 Å². The van der Waals surface area contributed by atoms with E-state index in [1.807, 2.05) is 25.1 Å². The third-order valence-electron chi connectivity index (χ3n) is 5.29. The number of aromatic nitrogens is 1. The minimum absolute atomic E-state index is 0.0157. The molecule has 0 aliphatic rings. The van der Waals surface area contributed by atoms with Gasteiger partial charge >= 0.3 is 0 Å². The van der Waals surface area contributed by atoms with Crippen molar-refractivity contribution in [1.29, 1.82) is 0 Å². The van der Waals surface area contributed by atoms with Crippen LogP contribution in [0.4, 0.5) is 5.69 Å². The summed E-state index contributed by atoms with van der Waals surface area (Å²) in [6.45, 7) is 17.0. The number of phenolic OH excluding ortho intramolecular Hbond substituents is 1. The lowest BCUT2D eigenvalue weighted by Crippen LogP contribution is -2.17. The summed E-state index contributed by atoms with van der Waals surface area (Å²) in [5, 5.41) is 12.1. The van der Waals surface area contributed by atoms with Gasteiger partial charge < -0.3 is 5.11 Å². The number of aliphatic imine (C=N–C) groups is 1. The summed E-state index contributed by atoms with van der Waals surface area (Å²) >= 11 is 0. The van der Waals surface area contributed by atoms with Gasteiger partial charge in [-0.15, -0.1) is 0 Å². The highest BCUT2D eigenvalue weighted by molar-refractivity contribution is 5.89. The van der Waals surface area contributed by atoms with Crippen molar-refractivity contribution in [2.45, 2.75) is 66.2 Å². The summed E-state index contributed by atoms with van der Waals surface area (Å²) in [6.07, 6.45) is 1.77. The van der Waals surface area contributed by atoms with E-state index >= 15 is 0 Å². The lowest BCUT2D eigenvalue weighted by molar-refractivity contribution is 0.444. The summed E-state index contributed by atoms with van der Waals surface area (Å²) in [6, 6.07) is 12.3. The first-order chi connectivity index (χ1) is 13.4. The summed E-state index contributed by atoms with van der Waals surface area (Å²) in [5.41, 5.74) is 6.69. The molecule has 3 nitrogen and oxygen atoms in total. The fourth-order valence-corrected chi connectivity index (χ4v) is 3.54. The topological polar surface area (TPSA) is 45.5 Å². The predicted octanol–water partition coefficient (Wildman–Crippen LogP) is 6.90. The van der Waals surface area contributed by atoms with Crippen LogP contribution in [-0.4, -0.2) is 16.3 Å². The molecule has 2 aromatic carbocycles. The molecule has 152 valence electrons. The number of benzene rings is 2. The second-order valence-corrected chi connectivity index (χ2v) is 10.0. The van der Waals surface area contributed by atoms with E-state index < -0.39 is 0 Å². The van der Waals surface area contributed by atoms with Gasteiger partial charge in [-0.25, -0.2) is 0 Å². The largest absolute Gasteiger partial charge is 0.507 e. The lowest BCUT2D eigenvalue weighted by Gasteiger charge is -2.26. The van der Waals surface area contributed by atoms with E-state index in [9.17, 15) is 5.11 Å². The van der Waals surface area contributed by atoms with Gasteiger partial charge in [-0.2, -0.15) is 0 Å². The first kappa shape index (κ1) is 21.0. The fourth-order valence-electron chi connectivity index (χ4n) is 3.54. The molecule has 29 heavy (non-hydrogen) atoms. The van der Waals surface area contributed by atoms with Crippen LogP contribution in [0, 0.1) is 13.8 Å². The number of aromatic hydroxyl groups is 1. The zero-order valence-corrected chi connectivity index (χ0v) is 18.9. The average Bonchev–Trinajstić information content (AvgIpc) is 2.58. The summed E-state index contributed by atoms with van der Waals surface area (Å²) in [4.78, 5) is 9.31. The van der Waals surface area contributed by atoms with Crippen molar-refractivity contribution in [3.05, 3.63) is 64.3 Å². The molecule has 3 heteroatoms. The number of rotatable bonds is 2. The summed E-state index contributed by atoms with van der Waals surface area (Å²) in [7, 11) is 0. The van der Waals surface area contributed by atoms with Crippen LogP contribution in [-0.2, 0) is 10.8 Å². The van der Waals surface area contributed by atoms with Gasteiger partial charge in [0.25, 0.3) is 0 Å². The minimum Gasteiger partial charge on any atom is -0.507 e. The third-order valence-corrected chi connectivity index (χ3v) is 5.29. The van der Waals surface area contributed by atoms with Gasteiger partial charge in [0.2, 0.25) is 0 Å². The highest BCUT2D eigenvalue weighted by Gasteiger charge is 2.24. The lowest BCUT2D eigenvalue weighted by atomic mass is 9.79. The zero-order chi connectivity index (χ0) is 21.6. The Hall–Kier alpha value is -2.68. The normalized spacial score (nSPS) is 12.8. The van der Waals surface area contributed by atoms with Crippen molar-refractivity contribution < 1.29 is 5.11 Å². The first-order valence-corrected chi connectivity index (χ1v) is 10.2. The Labute approximate surface area is 174 Å². The van der Waals surface area contributed by atoms with Gasteiger partial charge in [0.05, 0.1) is 11.2 Å². The second kappa shape index (κ2) is 7.29. The number of pyridine rings is 1. The molecule has 1 aromatic heterocycles. The van der Waals surface area contributed by atoms with E-state index in [1.54, 1.807) is 6.21 Å². The molecule has 0 fully saturated rings. The molecular formula is C26H32N2O. The number of aryl methyl sites for hydroxylation is 2. The number of phenols is 1. The van der Waals surface area contributed by atoms with Gasteiger partial charge in [0.15, 0.2) is 0 Å². The Morgan fingerprint density at radius 1 is 0.897 bits per heavy atom. The fraction of sp³-hybridized carbons (Fsp3) is 0.385. The highest BCUT2D eigenvalue weighted by atomic mass is 16.3. The summed E-state index contributed by atoms with van der Waals surface area (Å²) < 4.78 is 0. The molecule has 0 radical (unpaired) electrons. The minimum atomic E-state index is -0.157. The maximum absolute atomic E-state index is 10.9. The van der Waals surface area contributed by atoms with Gasteiger partial charge in [-0.05, 0) is 60.1 Å². The Morgan fingerprint density at radius 3 is 2.21 bits per heavy atom. The number of fused-ring (bicyclic) bond motifs is 1. The van der Waals surface area contributed by atoms with Gasteiger partial charge in [0.1, 0.15) is 5.75 Å².